The van der Waals surface area contributed by atoms with Crippen molar-refractivity contribution in [2.24, 2.45) is 0 Å². The third-order valence-electron chi connectivity index (χ3n) is 5.64. The Labute approximate surface area is 153 Å². The molecule has 0 amide bonds. The Bertz CT molecular complexity index is 721. The minimum Gasteiger partial charge on any atom is -0.379 e. The summed E-state index contributed by atoms with van der Waals surface area (Å²) in [5, 5.41) is 3.93. The van der Waals surface area contributed by atoms with Crippen LogP contribution in [0.25, 0.3) is 0 Å². The fourth-order valence-electron chi connectivity index (χ4n) is 4.39. The van der Waals surface area contributed by atoms with E-state index in [1.165, 1.54) is 53.6 Å². The molecule has 1 saturated carbocycles. The van der Waals surface area contributed by atoms with E-state index >= 15 is 0 Å². The molecule has 0 unspecified atom stereocenters. The minimum atomic E-state index is 0.150. The Balaban J connectivity index is 1.77. The molecule has 0 atom stereocenters. The maximum Gasteiger partial charge on any atom is 0.0411 e. The first-order valence-corrected chi connectivity index (χ1v) is 9.52. The van der Waals surface area contributed by atoms with Crippen LogP contribution >= 0.6 is 0 Å². The lowest BCUT2D eigenvalue weighted by molar-refractivity contribution is 0.294. The van der Waals surface area contributed by atoms with E-state index in [1.807, 2.05) is 0 Å². The number of nitrogens with one attached hydrogen (secondary N) is 1. The SMILES string of the molecule is C=C(C)CC1(Nc2ccc(C)cc2C)CCC(c2ccccc2)CC1. The molecule has 0 spiro atoms. The fourth-order valence-corrected chi connectivity index (χ4v) is 4.39. The molecule has 0 aromatic heterocycles. The van der Waals surface area contributed by atoms with Gasteiger partial charge in [-0.2, -0.15) is 0 Å². The standard InChI is InChI=1S/C24H31N/c1-18(2)17-24(25-23-11-10-19(3)16-20(23)4)14-12-22(13-15-24)21-8-6-5-7-9-21/h5-11,16,22,25H,1,12-15,17H2,2-4H3. The van der Waals surface area contributed by atoms with Crippen LogP contribution < -0.4 is 5.32 Å². The first-order chi connectivity index (χ1) is 12.0. The van der Waals surface area contributed by atoms with Crippen molar-refractivity contribution in [1.82, 2.24) is 0 Å². The summed E-state index contributed by atoms with van der Waals surface area (Å²) in [6.45, 7) is 10.7. The molecule has 0 bridgehead atoms. The number of anilines is 1. The molecule has 1 aliphatic carbocycles. The molecule has 1 heteroatoms. The van der Waals surface area contributed by atoms with E-state index in [1.54, 1.807) is 0 Å². The van der Waals surface area contributed by atoms with Gasteiger partial charge in [0.25, 0.3) is 0 Å². The van der Waals surface area contributed by atoms with Gasteiger partial charge in [0.05, 0.1) is 0 Å². The Morgan fingerprint density at radius 3 is 2.36 bits per heavy atom. The van der Waals surface area contributed by atoms with Crippen LogP contribution in [-0.4, -0.2) is 5.54 Å². The predicted molar refractivity (Wildman–Crippen MR) is 109 cm³/mol. The zero-order chi connectivity index (χ0) is 17.9. The second-order valence-corrected chi connectivity index (χ2v) is 8.04. The van der Waals surface area contributed by atoms with Gasteiger partial charge in [0.1, 0.15) is 0 Å². The summed E-state index contributed by atoms with van der Waals surface area (Å²) in [5.41, 5.74) is 6.87. The average molecular weight is 334 g/mol. The normalized spacial score (nSPS) is 23.2. The smallest absolute Gasteiger partial charge is 0.0411 e. The van der Waals surface area contributed by atoms with Crippen molar-refractivity contribution in [3.63, 3.8) is 0 Å². The van der Waals surface area contributed by atoms with Crippen LogP contribution in [0.1, 0.15) is 61.6 Å². The summed E-state index contributed by atoms with van der Waals surface area (Å²) in [6.07, 6.45) is 5.95. The van der Waals surface area contributed by atoms with Crippen molar-refractivity contribution in [2.75, 3.05) is 5.32 Å². The quantitative estimate of drug-likeness (QED) is 0.595. The van der Waals surface area contributed by atoms with Gasteiger partial charge in [-0.1, -0.05) is 53.6 Å². The molecule has 1 nitrogen and oxygen atoms in total. The summed E-state index contributed by atoms with van der Waals surface area (Å²) < 4.78 is 0. The van der Waals surface area contributed by atoms with Gasteiger partial charge in [-0.3, -0.25) is 0 Å². The van der Waals surface area contributed by atoms with Crippen LogP contribution in [0.15, 0.2) is 60.7 Å². The molecule has 0 heterocycles. The van der Waals surface area contributed by atoms with Crippen molar-refractivity contribution < 1.29 is 0 Å². The maximum atomic E-state index is 4.21. The molecule has 2 aromatic carbocycles. The first kappa shape index (κ1) is 17.8. The molecule has 3 rings (SSSR count). The largest absolute Gasteiger partial charge is 0.379 e. The minimum absolute atomic E-state index is 0.150. The van der Waals surface area contributed by atoms with E-state index in [9.17, 15) is 0 Å². The highest BCUT2D eigenvalue weighted by molar-refractivity contribution is 5.54. The molecule has 0 radical (unpaired) electrons. The highest BCUT2D eigenvalue weighted by Gasteiger charge is 2.35. The Kier molecular flexibility index (Phi) is 5.32. The Hall–Kier alpha value is -2.02. The number of aryl methyl sites for hydroxylation is 2. The van der Waals surface area contributed by atoms with Gasteiger partial charge in [-0.15, -0.1) is 6.58 Å². The van der Waals surface area contributed by atoms with Crippen molar-refractivity contribution in [2.45, 2.75) is 64.3 Å². The molecule has 25 heavy (non-hydrogen) atoms. The van der Waals surface area contributed by atoms with Crippen LogP contribution in [0, 0.1) is 13.8 Å². The summed E-state index contributed by atoms with van der Waals surface area (Å²) in [4.78, 5) is 0. The van der Waals surface area contributed by atoms with Gasteiger partial charge >= 0.3 is 0 Å². The zero-order valence-electron chi connectivity index (χ0n) is 15.9. The number of benzene rings is 2. The van der Waals surface area contributed by atoms with Gasteiger partial charge in [0.2, 0.25) is 0 Å². The van der Waals surface area contributed by atoms with E-state index < -0.39 is 0 Å². The van der Waals surface area contributed by atoms with Gasteiger partial charge in [0.15, 0.2) is 0 Å². The third kappa shape index (κ3) is 4.34. The summed E-state index contributed by atoms with van der Waals surface area (Å²) in [6, 6.07) is 17.7. The van der Waals surface area contributed by atoms with Gasteiger partial charge in [-0.05, 0) is 76.0 Å². The lowest BCUT2D eigenvalue weighted by Crippen LogP contribution is -2.42. The summed E-state index contributed by atoms with van der Waals surface area (Å²) in [5.74, 6) is 0.695. The predicted octanol–water partition coefficient (Wildman–Crippen LogP) is 6.78. The topological polar surface area (TPSA) is 12.0 Å². The number of hydrogen-bond donors (Lipinski definition) is 1. The maximum absolute atomic E-state index is 4.21. The summed E-state index contributed by atoms with van der Waals surface area (Å²) >= 11 is 0. The molecule has 1 aliphatic rings. The lowest BCUT2D eigenvalue weighted by atomic mass is 9.71. The highest BCUT2D eigenvalue weighted by atomic mass is 15.0. The van der Waals surface area contributed by atoms with E-state index in [2.05, 4.69) is 81.2 Å². The van der Waals surface area contributed by atoms with Gasteiger partial charge in [-0.25, -0.2) is 0 Å². The Morgan fingerprint density at radius 2 is 1.76 bits per heavy atom. The molecule has 132 valence electrons. The summed E-state index contributed by atoms with van der Waals surface area (Å²) in [7, 11) is 0. The lowest BCUT2D eigenvalue weighted by Gasteiger charge is -2.42. The molecule has 1 N–H and O–H groups in total. The molecular weight excluding hydrogens is 302 g/mol. The van der Waals surface area contributed by atoms with Crippen molar-refractivity contribution in [1.29, 1.82) is 0 Å². The third-order valence-corrected chi connectivity index (χ3v) is 5.64. The first-order valence-electron chi connectivity index (χ1n) is 9.52. The second-order valence-electron chi connectivity index (χ2n) is 8.04. The average Bonchev–Trinajstić information content (AvgIpc) is 2.58. The van der Waals surface area contributed by atoms with Gasteiger partial charge in [0, 0.05) is 11.2 Å². The van der Waals surface area contributed by atoms with Crippen LogP contribution in [0.2, 0.25) is 0 Å². The van der Waals surface area contributed by atoms with E-state index in [0.717, 1.165) is 6.42 Å². The highest BCUT2D eigenvalue weighted by Crippen LogP contribution is 2.42. The zero-order valence-corrected chi connectivity index (χ0v) is 15.9. The fraction of sp³-hybridized carbons (Fsp3) is 0.417. The van der Waals surface area contributed by atoms with Crippen molar-refractivity contribution in [3.8, 4) is 0 Å². The molecule has 0 aliphatic heterocycles. The molecule has 2 aromatic rings. The van der Waals surface area contributed by atoms with E-state index in [-0.39, 0.29) is 5.54 Å². The number of hydrogen-bond acceptors (Lipinski definition) is 1. The Morgan fingerprint density at radius 1 is 1.08 bits per heavy atom. The van der Waals surface area contributed by atoms with Gasteiger partial charge < -0.3 is 5.32 Å². The van der Waals surface area contributed by atoms with Crippen LogP contribution in [0.3, 0.4) is 0 Å². The monoisotopic (exact) mass is 333 g/mol. The van der Waals surface area contributed by atoms with Crippen molar-refractivity contribution in [3.05, 3.63) is 77.4 Å². The molecule has 1 fully saturated rings. The molecular formula is C24H31N. The van der Waals surface area contributed by atoms with E-state index in [4.69, 9.17) is 0 Å². The number of rotatable bonds is 5. The van der Waals surface area contributed by atoms with E-state index in [0.29, 0.717) is 5.92 Å². The molecule has 0 saturated heterocycles. The van der Waals surface area contributed by atoms with Crippen molar-refractivity contribution >= 4 is 5.69 Å². The van der Waals surface area contributed by atoms with Crippen LogP contribution in [0.5, 0.6) is 0 Å². The van der Waals surface area contributed by atoms with Crippen LogP contribution in [0.4, 0.5) is 5.69 Å². The van der Waals surface area contributed by atoms with Crippen LogP contribution in [-0.2, 0) is 0 Å². The second kappa shape index (κ2) is 7.47.